The quantitative estimate of drug-likeness (QED) is 0.517. The van der Waals surface area contributed by atoms with Crippen molar-refractivity contribution in [2.45, 2.75) is 72.3 Å². The minimum Gasteiger partial charge on any atom is -0.377 e. The Kier molecular flexibility index (Phi) is 9.65. The third-order valence-corrected chi connectivity index (χ3v) is 7.10. The molecule has 2 atom stereocenters. The van der Waals surface area contributed by atoms with Gasteiger partial charge in [0.15, 0.2) is 5.96 Å². The van der Waals surface area contributed by atoms with Gasteiger partial charge >= 0.3 is 0 Å². The fraction of sp³-hybridized carbons (Fsp3) is 0.920. The summed E-state index contributed by atoms with van der Waals surface area (Å²) in [6.07, 6.45) is 7.43. The van der Waals surface area contributed by atoms with Crippen molar-refractivity contribution in [2.75, 3.05) is 65.5 Å². The Bertz CT molecular complexity index is 602. The zero-order valence-electron chi connectivity index (χ0n) is 21.1. The van der Waals surface area contributed by atoms with Crippen LogP contribution in [0.15, 0.2) is 4.99 Å². The lowest BCUT2D eigenvalue weighted by Gasteiger charge is -2.40. The summed E-state index contributed by atoms with van der Waals surface area (Å²) in [4.78, 5) is 24.6. The van der Waals surface area contributed by atoms with Gasteiger partial charge in [-0.3, -0.25) is 14.7 Å². The number of carbonyl (C=O) groups excluding carboxylic acids is 1. The number of nitrogens with zero attached hydrogens (tertiary/aromatic N) is 4. The number of likely N-dealkylation sites (tertiary alicyclic amines) is 1. The standard InChI is InChI=1S/C25H47N5O2/c1-5-26-24(27-19-21-11-10-18-32-23(21)25(2,3)4)30-16-14-28(15-17-30)20-22(31)29-12-8-6-7-9-13-29/h21,23H,5-20H2,1-4H3,(H,26,27). The number of hydrogen-bond acceptors (Lipinski definition) is 4. The minimum absolute atomic E-state index is 0.143. The number of piperazine rings is 1. The van der Waals surface area contributed by atoms with Crippen LogP contribution in [0.1, 0.15) is 66.2 Å². The Morgan fingerprint density at radius 2 is 1.66 bits per heavy atom. The first-order valence-electron chi connectivity index (χ1n) is 13.0. The number of ether oxygens (including phenoxy) is 1. The highest BCUT2D eigenvalue weighted by Gasteiger charge is 2.35. The molecule has 0 aliphatic carbocycles. The largest absolute Gasteiger partial charge is 0.377 e. The number of guanidine groups is 1. The van der Waals surface area contributed by atoms with Crippen molar-refractivity contribution >= 4 is 11.9 Å². The first-order chi connectivity index (χ1) is 15.4. The first kappa shape index (κ1) is 25.3. The second-order valence-corrected chi connectivity index (χ2v) is 10.8. The second kappa shape index (κ2) is 12.2. The molecule has 0 spiro atoms. The molecule has 1 N–H and O–H groups in total. The topological polar surface area (TPSA) is 60.4 Å². The predicted molar refractivity (Wildman–Crippen MR) is 131 cm³/mol. The Morgan fingerprint density at radius 1 is 0.969 bits per heavy atom. The van der Waals surface area contributed by atoms with Gasteiger partial charge in [0.1, 0.15) is 0 Å². The van der Waals surface area contributed by atoms with Crippen LogP contribution >= 0.6 is 0 Å². The fourth-order valence-corrected chi connectivity index (χ4v) is 5.35. The van der Waals surface area contributed by atoms with Gasteiger partial charge in [-0.1, -0.05) is 33.6 Å². The first-order valence-corrected chi connectivity index (χ1v) is 13.0. The monoisotopic (exact) mass is 449 g/mol. The van der Waals surface area contributed by atoms with Crippen LogP contribution in [-0.2, 0) is 9.53 Å². The molecule has 3 saturated heterocycles. The second-order valence-electron chi connectivity index (χ2n) is 10.8. The Hall–Kier alpha value is -1.34. The van der Waals surface area contributed by atoms with E-state index >= 15 is 0 Å². The molecule has 2 unspecified atom stereocenters. The van der Waals surface area contributed by atoms with Gasteiger partial charge in [-0.2, -0.15) is 0 Å². The van der Waals surface area contributed by atoms with Crippen molar-refractivity contribution < 1.29 is 9.53 Å². The van der Waals surface area contributed by atoms with Gasteiger partial charge < -0.3 is 19.9 Å². The lowest BCUT2D eigenvalue weighted by molar-refractivity contribution is -0.132. The van der Waals surface area contributed by atoms with E-state index < -0.39 is 0 Å². The van der Waals surface area contributed by atoms with Crippen LogP contribution in [-0.4, -0.2) is 98.2 Å². The fourth-order valence-electron chi connectivity index (χ4n) is 5.35. The van der Waals surface area contributed by atoms with E-state index in [0.29, 0.717) is 18.4 Å². The molecule has 0 saturated carbocycles. The summed E-state index contributed by atoms with van der Waals surface area (Å²) in [5, 5.41) is 3.50. The van der Waals surface area contributed by atoms with Crippen molar-refractivity contribution in [2.24, 2.45) is 16.3 Å². The molecule has 1 amide bonds. The molecule has 0 aromatic heterocycles. The van der Waals surface area contributed by atoms with Gasteiger partial charge in [-0.15, -0.1) is 0 Å². The lowest BCUT2D eigenvalue weighted by atomic mass is 9.78. The van der Waals surface area contributed by atoms with Crippen LogP contribution < -0.4 is 5.32 Å². The van der Waals surface area contributed by atoms with E-state index in [0.717, 1.165) is 84.2 Å². The van der Waals surface area contributed by atoms with Gasteiger partial charge in [-0.05, 0) is 38.0 Å². The number of carbonyl (C=O) groups is 1. The SMILES string of the molecule is CCNC(=NCC1CCCOC1C(C)(C)C)N1CCN(CC(=O)N2CCCCCC2)CC1. The van der Waals surface area contributed by atoms with Crippen molar-refractivity contribution in [3.63, 3.8) is 0 Å². The average Bonchev–Trinajstić information content (AvgIpc) is 3.07. The molecule has 7 heteroatoms. The molecule has 0 bridgehead atoms. The van der Waals surface area contributed by atoms with Crippen LogP contribution in [0.5, 0.6) is 0 Å². The van der Waals surface area contributed by atoms with Crippen LogP contribution in [0, 0.1) is 11.3 Å². The maximum Gasteiger partial charge on any atom is 0.236 e. The molecule has 3 aliphatic rings. The summed E-state index contributed by atoms with van der Waals surface area (Å²) in [6.45, 7) is 17.6. The summed E-state index contributed by atoms with van der Waals surface area (Å²) in [5.74, 6) is 1.81. The molecule has 3 rings (SSSR count). The number of rotatable bonds is 5. The van der Waals surface area contributed by atoms with Crippen LogP contribution in [0.4, 0.5) is 0 Å². The summed E-state index contributed by atoms with van der Waals surface area (Å²) in [5.41, 5.74) is 0.143. The maximum atomic E-state index is 12.7. The molecular weight excluding hydrogens is 402 g/mol. The third kappa shape index (κ3) is 7.34. The molecule has 0 aromatic rings. The molecule has 0 radical (unpaired) electrons. The Balaban J connectivity index is 1.51. The number of hydrogen-bond donors (Lipinski definition) is 1. The molecule has 3 aliphatic heterocycles. The third-order valence-electron chi connectivity index (χ3n) is 7.10. The molecule has 3 fully saturated rings. The summed E-state index contributed by atoms with van der Waals surface area (Å²) < 4.78 is 6.16. The van der Waals surface area contributed by atoms with Gasteiger partial charge in [0.25, 0.3) is 0 Å². The number of aliphatic imine (C=N–C) groups is 1. The maximum absolute atomic E-state index is 12.7. The zero-order valence-corrected chi connectivity index (χ0v) is 21.1. The average molecular weight is 450 g/mol. The minimum atomic E-state index is 0.143. The van der Waals surface area contributed by atoms with E-state index in [1.807, 2.05) is 0 Å². The number of amides is 1. The van der Waals surface area contributed by atoms with Crippen LogP contribution in [0.2, 0.25) is 0 Å². The smallest absolute Gasteiger partial charge is 0.236 e. The van der Waals surface area contributed by atoms with Crippen molar-refractivity contribution in [3.05, 3.63) is 0 Å². The van der Waals surface area contributed by atoms with Crippen LogP contribution in [0.3, 0.4) is 0 Å². The lowest BCUT2D eigenvalue weighted by Crippen LogP contribution is -2.54. The van der Waals surface area contributed by atoms with Crippen molar-refractivity contribution in [1.29, 1.82) is 0 Å². The highest BCUT2D eigenvalue weighted by Crippen LogP contribution is 2.34. The number of nitrogens with one attached hydrogen (secondary N) is 1. The zero-order chi connectivity index (χ0) is 23.0. The highest BCUT2D eigenvalue weighted by molar-refractivity contribution is 5.80. The molecule has 7 nitrogen and oxygen atoms in total. The Morgan fingerprint density at radius 3 is 2.28 bits per heavy atom. The van der Waals surface area contributed by atoms with Gasteiger partial charge in [0.2, 0.25) is 5.91 Å². The Labute approximate surface area is 195 Å². The molecular formula is C25H47N5O2. The van der Waals surface area contributed by atoms with Gasteiger partial charge in [-0.25, -0.2) is 0 Å². The summed E-state index contributed by atoms with van der Waals surface area (Å²) in [7, 11) is 0. The van der Waals surface area contributed by atoms with Gasteiger partial charge in [0, 0.05) is 64.9 Å². The molecule has 32 heavy (non-hydrogen) atoms. The van der Waals surface area contributed by atoms with E-state index in [9.17, 15) is 4.79 Å². The van der Waals surface area contributed by atoms with E-state index in [1.54, 1.807) is 0 Å². The van der Waals surface area contributed by atoms with Crippen molar-refractivity contribution in [1.82, 2.24) is 20.0 Å². The highest BCUT2D eigenvalue weighted by atomic mass is 16.5. The summed E-state index contributed by atoms with van der Waals surface area (Å²) >= 11 is 0. The van der Waals surface area contributed by atoms with Gasteiger partial charge in [0.05, 0.1) is 12.6 Å². The van der Waals surface area contributed by atoms with E-state index in [2.05, 4.69) is 47.7 Å². The van der Waals surface area contributed by atoms with E-state index in [1.165, 1.54) is 19.3 Å². The molecule has 3 heterocycles. The normalized spacial score (nSPS) is 26.7. The van der Waals surface area contributed by atoms with E-state index in [4.69, 9.17) is 9.73 Å². The van der Waals surface area contributed by atoms with E-state index in [-0.39, 0.29) is 11.5 Å². The van der Waals surface area contributed by atoms with Crippen LogP contribution in [0.25, 0.3) is 0 Å². The molecule has 0 aromatic carbocycles. The molecule has 184 valence electrons. The summed E-state index contributed by atoms with van der Waals surface area (Å²) in [6, 6.07) is 0. The predicted octanol–water partition coefficient (Wildman–Crippen LogP) is 2.81. The van der Waals surface area contributed by atoms with Crippen molar-refractivity contribution in [3.8, 4) is 0 Å².